The number of imidazole rings is 1. The first-order valence-corrected chi connectivity index (χ1v) is 7.72. The van der Waals surface area contributed by atoms with Crippen LogP contribution in [-0.2, 0) is 23.2 Å². The van der Waals surface area contributed by atoms with Gasteiger partial charge in [-0.25, -0.2) is 18.1 Å². The largest absolute Gasteiger partial charge is 0.390 e. The Labute approximate surface area is 117 Å². The predicted octanol–water partition coefficient (Wildman–Crippen LogP) is 0.763. The van der Waals surface area contributed by atoms with Gasteiger partial charge >= 0.3 is 0 Å². The van der Waals surface area contributed by atoms with Gasteiger partial charge in [-0.05, 0) is 19.9 Å². The van der Waals surface area contributed by atoms with Gasteiger partial charge in [-0.2, -0.15) is 0 Å². The van der Waals surface area contributed by atoms with E-state index in [0.717, 1.165) is 0 Å². The van der Waals surface area contributed by atoms with Crippen LogP contribution in [0.3, 0.4) is 0 Å². The molecule has 0 aromatic carbocycles. The van der Waals surface area contributed by atoms with Crippen LogP contribution in [0.15, 0.2) is 29.6 Å². The van der Waals surface area contributed by atoms with Gasteiger partial charge in [0.2, 0.25) is 10.0 Å². The van der Waals surface area contributed by atoms with Gasteiger partial charge in [0.05, 0.1) is 18.0 Å². The van der Waals surface area contributed by atoms with Crippen LogP contribution < -0.4 is 4.72 Å². The summed E-state index contributed by atoms with van der Waals surface area (Å²) in [5, 5.41) is 9.28. The lowest BCUT2D eigenvalue weighted by atomic mass is 10.3. The molecular weight excluding hydrogens is 280 g/mol. The summed E-state index contributed by atoms with van der Waals surface area (Å²) < 4.78 is 28.6. The standard InChI is InChI=1S/C12H18N4O3S/c1-9(2)16-7-11(5-10(16)8-17)20(18,19)15-6-12-13-3-4-14-12/h3-5,7,9,15,17H,6,8H2,1-2H3,(H,13,14). The van der Waals surface area contributed by atoms with Gasteiger partial charge in [0.15, 0.2) is 0 Å². The molecule has 110 valence electrons. The molecule has 8 heteroatoms. The molecule has 2 aromatic rings. The van der Waals surface area contributed by atoms with Gasteiger partial charge in [-0.1, -0.05) is 0 Å². The zero-order chi connectivity index (χ0) is 14.8. The summed E-state index contributed by atoms with van der Waals surface area (Å²) in [6, 6.07) is 1.55. The molecule has 0 fully saturated rings. The SMILES string of the molecule is CC(C)n1cc(S(=O)(=O)NCc2ncc[nH]2)cc1CO. The molecule has 0 aliphatic rings. The maximum absolute atomic E-state index is 12.2. The van der Waals surface area contributed by atoms with Crippen molar-refractivity contribution in [3.63, 3.8) is 0 Å². The van der Waals surface area contributed by atoms with Crippen LogP contribution in [0.4, 0.5) is 0 Å². The molecule has 0 spiro atoms. The number of hydrogen-bond donors (Lipinski definition) is 3. The summed E-state index contributed by atoms with van der Waals surface area (Å²) >= 11 is 0. The Bertz CT molecular complexity index is 659. The van der Waals surface area contributed by atoms with Crippen molar-refractivity contribution in [2.45, 2.75) is 37.9 Å². The molecule has 0 saturated carbocycles. The number of nitrogens with one attached hydrogen (secondary N) is 2. The van der Waals surface area contributed by atoms with Gasteiger partial charge in [-0.15, -0.1) is 0 Å². The highest BCUT2D eigenvalue weighted by molar-refractivity contribution is 7.89. The van der Waals surface area contributed by atoms with E-state index in [9.17, 15) is 13.5 Å². The average molecular weight is 298 g/mol. The fourth-order valence-corrected chi connectivity index (χ4v) is 2.93. The fourth-order valence-electron chi connectivity index (χ4n) is 1.89. The molecule has 2 rings (SSSR count). The van der Waals surface area contributed by atoms with E-state index in [1.165, 1.54) is 12.3 Å². The van der Waals surface area contributed by atoms with Gasteiger partial charge in [0.1, 0.15) is 5.82 Å². The Morgan fingerprint density at radius 1 is 1.50 bits per heavy atom. The highest BCUT2D eigenvalue weighted by Crippen LogP contribution is 2.19. The lowest BCUT2D eigenvalue weighted by molar-refractivity contribution is 0.268. The predicted molar refractivity (Wildman–Crippen MR) is 73.4 cm³/mol. The lowest BCUT2D eigenvalue weighted by Gasteiger charge is -2.10. The lowest BCUT2D eigenvalue weighted by Crippen LogP contribution is -2.23. The van der Waals surface area contributed by atoms with Crippen LogP contribution in [0.25, 0.3) is 0 Å². The Kier molecular flexibility index (Phi) is 4.26. The van der Waals surface area contributed by atoms with Crippen molar-refractivity contribution < 1.29 is 13.5 Å². The normalized spacial score (nSPS) is 12.2. The number of aromatic nitrogens is 3. The van der Waals surface area contributed by atoms with Crippen LogP contribution in [0.5, 0.6) is 0 Å². The third kappa shape index (κ3) is 3.09. The zero-order valence-corrected chi connectivity index (χ0v) is 12.2. The minimum absolute atomic E-state index is 0.0752. The summed E-state index contributed by atoms with van der Waals surface area (Å²) in [6.45, 7) is 3.74. The van der Waals surface area contributed by atoms with E-state index in [2.05, 4.69) is 14.7 Å². The van der Waals surface area contributed by atoms with Crippen molar-refractivity contribution in [1.82, 2.24) is 19.3 Å². The second-order valence-electron chi connectivity index (χ2n) is 4.69. The monoisotopic (exact) mass is 298 g/mol. The molecule has 0 radical (unpaired) electrons. The third-order valence-electron chi connectivity index (χ3n) is 2.92. The minimum Gasteiger partial charge on any atom is -0.390 e. The molecule has 2 aromatic heterocycles. The highest BCUT2D eigenvalue weighted by atomic mass is 32.2. The van der Waals surface area contributed by atoms with E-state index in [0.29, 0.717) is 11.5 Å². The van der Waals surface area contributed by atoms with Gasteiger partial charge in [-0.3, -0.25) is 0 Å². The van der Waals surface area contributed by atoms with Crippen molar-refractivity contribution in [3.05, 3.63) is 36.2 Å². The Hall–Kier alpha value is -1.64. The molecule has 0 amide bonds. The van der Waals surface area contributed by atoms with Crippen LogP contribution in [0, 0.1) is 0 Å². The van der Waals surface area contributed by atoms with Crippen LogP contribution in [0.2, 0.25) is 0 Å². The van der Waals surface area contributed by atoms with Crippen molar-refractivity contribution in [2.75, 3.05) is 0 Å². The maximum atomic E-state index is 12.2. The molecule has 0 aliphatic heterocycles. The van der Waals surface area contributed by atoms with E-state index < -0.39 is 10.0 Å². The quantitative estimate of drug-likeness (QED) is 0.733. The molecule has 0 saturated heterocycles. The van der Waals surface area contributed by atoms with Gasteiger partial charge < -0.3 is 14.7 Å². The molecule has 3 N–H and O–H groups in total. The molecule has 7 nitrogen and oxygen atoms in total. The van der Waals surface area contributed by atoms with E-state index in [-0.39, 0.29) is 24.1 Å². The van der Waals surface area contributed by atoms with Crippen LogP contribution in [0.1, 0.15) is 31.4 Å². The number of nitrogens with zero attached hydrogens (tertiary/aromatic N) is 2. The van der Waals surface area contributed by atoms with Gasteiger partial charge in [0, 0.05) is 30.3 Å². The zero-order valence-electron chi connectivity index (χ0n) is 11.4. The third-order valence-corrected chi connectivity index (χ3v) is 4.29. The molecule has 2 heterocycles. The smallest absolute Gasteiger partial charge is 0.242 e. The second kappa shape index (κ2) is 5.78. The van der Waals surface area contributed by atoms with E-state index >= 15 is 0 Å². The summed E-state index contributed by atoms with van der Waals surface area (Å²) in [4.78, 5) is 6.92. The van der Waals surface area contributed by atoms with Crippen LogP contribution in [-0.4, -0.2) is 28.1 Å². The van der Waals surface area contributed by atoms with Crippen molar-refractivity contribution in [2.24, 2.45) is 0 Å². The molecule has 0 aliphatic carbocycles. The Morgan fingerprint density at radius 3 is 2.75 bits per heavy atom. The average Bonchev–Trinajstić information content (AvgIpc) is 3.05. The first-order chi connectivity index (χ1) is 9.44. The molecule has 0 atom stereocenters. The number of sulfonamides is 1. The minimum atomic E-state index is -3.62. The van der Waals surface area contributed by atoms with E-state index in [1.807, 2.05) is 13.8 Å². The van der Waals surface area contributed by atoms with Crippen molar-refractivity contribution in [1.29, 1.82) is 0 Å². The van der Waals surface area contributed by atoms with E-state index in [4.69, 9.17) is 0 Å². The molecule has 0 unspecified atom stereocenters. The number of rotatable bonds is 6. The van der Waals surface area contributed by atoms with Crippen molar-refractivity contribution in [3.8, 4) is 0 Å². The molecule has 0 bridgehead atoms. The number of hydrogen-bond acceptors (Lipinski definition) is 4. The highest BCUT2D eigenvalue weighted by Gasteiger charge is 2.19. The van der Waals surface area contributed by atoms with Gasteiger partial charge in [0.25, 0.3) is 0 Å². The Morgan fingerprint density at radius 2 is 2.25 bits per heavy atom. The fraction of sp³-hybridized carbons (Fsp3) is 0.417. The van der Waals surface area contributed by atoms with Crippen molar-refractivity contribution >= 4 is 10.0 Å². The number of aliphatic hydroxyl groups excluding tert-OH is 1. The number of aromatic amines is 1. The number of H-pyrrole nitrogens is 1. The Balaban J connectivity index is 2.21. The summed E-state index contributed by atoms with van der Waals surface area (Å²) in [5.41, 5.74) is 0.568. The van der Waals surface area contributed by atoms with Crippen LogP contribution >= 0.6 is 0 Å². The topological polar surface area (TPSA) is 100 Å². The summed E-state index contributed by atoms with van der Waals surface area (Å²) in [6.07, 6.45) is 4.71. The second-order valence-corrected chi connectivity index (χ2v) is 6.45. The number of aliphatic hydroxyl groups is 1. The summed E-state index contributed by atoms with van der Waals surface area (Å²) in [7, 11) is -3.62. The first-order valence-electron chi connectivity index (χ1n) is 6.23. The first kappa shape index (κ1) is 14.8. The van der Waals surface area contributed by atoms with E-state index in [1.54, 1.807) is 17.0 Å². The summed E-state index contributed by atoms with van der Waals surface area (Å²) in [5.74, 6) is 0.541. The maximum Gasteiger partial charge on any atom is 0.242 e. The molecular formula is C12H18N4O3S. The molecule has 20 heavy (non-hydrogen) atoms.